The average Bonchev–Trinajstić information content (AvgIpc) is 2.62. The molecule has 90 valence electrons. The van der Waals surface area contributed by atoms with Gasteiger partial charge in [-0.15, -0.1) is 11.3 Å². The molecule has 16 heavy (non-hydrogen) atoms. The molecule has 0 radical (unpaired) electrons. The largest absolute Gasteiger partial charge is 0.306 e. The summed E-state index contributed by atoms with van der Waals surface area (Å²) in [5.41, 5.74) is 1.57. The van der Waals surface area contributed by atoms with Crippen LogP contribution in [0.25, 0.3) is 0 Å². The minimum absolute atomic E-state index is 0.428. The molecule has 0 aromatic carbocycles. The van der Waals surface area contributed by atoms with Crippen molar-refractivity contribution in [1.82, 2.24) is 10.3 Å². The molecule has 0 saturated carbocycles. The molecule has 1 aromatic rings. The first-order valence-corrected chi connectivity index (χ1v) is 7.83. The van der Waals surface area contributed by atoms with Crippen molar-refractivity contribution in [3.8, 4) is 0 Å². The quantitative estimate of drug-likeness (QED) is 0.899. The third-order valence-electron chi connectivity index (χ3n) is 3.28. The molecule has 0 bridgehead atoms. The Morgan fingerprint density at radius 3 is 3.00 bits per heavy atom. The zero-order chi connectivity index (χ0) is 11.6. The van der Waals surface area contributed by atoms with E-state index in [2.05, 4.69) is 48.2 Å². The lowest BCUT2D eigenvalue weighted by atomic mass is 9.82. The van der Waals surface area contributed by atoms with Gasteiger partial charge in [-0.1, -0.05) is 13.8 Å². The van der Waals surface area contributed by atoms with Crippen LogP contribution < -0.4 is 5.32 Å². The van der Waals surface area contributed by atoms with E-state index in [1.165, 1.54) is 22.9 Å². The van der Waals surface area contributed by atoms with Crippen molar-refractivity contribution in [2.45, 2.75) is 39.8 Å². The van der Waals surface area contributed by atoms with Gasteiger partial charge >= 0.3 is 0 Å². The highest BCUT2D eigenvalue weighted by Crippen LogP contribution is 2.34. The van der Waals surface area contributed by atoms with Crippen LogP contribution in [0.3, 0.4) is 0 Å². The van der Waals surface area contributed by atoms with E-state index in [9.17, 15) is 0 Å². The molecule has 2 rings (SSSR count). The summed E-state index contributed by atoms with van der Waals surface area (Å²) in [5.74, 6) is 2.54. The molecule has 4 heteroatoms. The standard InChI is InChI=1S/C12H20N2S2/c1-9-7-16-11(14-9)6-13-10-8-15-5-4-12(10,2)3/h7,10,13H,4-6,8H2,1-3H3. The lowest BCUT2D eigenvalue weighted by Gasteiger charge is -2.38. The third-order valence-corrected chi connectivity index (χ3v) is 5.31. The van der Waals surface area contributed by atoms with Crippen LogP contribution in [0.4, 0.5) is 0 Å². The number of nitrogens with zero attached hydrogens (tertiary/aromatic N) is 1. The van der Waals surface area contributed by atoms with Crippen LogP contribution in [-0.4, -0.2) is 22.5 Å². The molecule has 1 fully saturated rings. The number of rotatable bonds is 3. The van der Waals surface area contributed by atoms with Crippen molar-refractivity contribution in [2.24, 2.45) is 5.41 Å². The summed E-state index contributed by atoms with van der Waals surface area (Å²) in [5, 5.41) is 7.00. The monoisotopic (exact) mass is 256 g/mol. The highest BCUT2D eigenvalue weighted by Gasteiger charge is 2.32. The Balaban J connectivity index is 1.89. The smallest absolute Gasteiger partial charge is 0.107 e. The van der Waals surface area contributed by atoms with Crippen LogP contribution in [0.15, 0.2) is 5.38 Å². The summed E-state index contributed by atoms with van der Waals surface area (Å²) in [7, 11) is 0. The number of hydrogen-bond donors (Lipinski definition) is 1. The predicted molar refractivity (Wildman–Crippen MR) is 73.2 cm³/mol. The van der Waals surface area contributed by atoms with E-state index >= 15 is 0 Å². The maximum atomic E-state index is 4.49. The molecule has 1 saturated heterocycles. The normalized spacial score (nSPS) is 24.6. The Labute approximate surface area is 106 Å². The second-order valence-electron chi connectivity index (χ2n) is 5.13. The van der Waals surface area contributed by atoms with E-state index in [1.807, 2.05) is 0 Å². The number of hydrogen-bond acceptors (Lipinski definition) is 4. The molecule has 1 aliphatic rings. The van der Waals surface area contributed by atoms with Crippen molar-refractivity contribution in [3.63, 3.8) is 0 Å². The summed E-state index contributed by atoms with van der Waals surface area (Å²) in [4.78, 5) is 4.49. The van der Waals surface area contributed by atoms with Crippen LogP contribution in [0.5, 0.6) is 0 Å². The summed E-state index contributed by atoms with van der Waals surface area (Å²) < 4.78 is 0. The Bertz CT molecular complexity index is 347. The van der Waals surface area contributed by atoms with Gasteiger partial charge in [-0.2, -0.15) is 11.8 Å². The van der Waals surface area contributed by atoms with E-state index in [-0.39, 0.29) is 0 Å². The Hall–Kier alpha value is -0.0600. The van der Waals surface area contributed by atoms with Crippen LogP contribution in [-0.2, 0) is 6.54 Å². The van der Waals surface area contributed by atoms with Gasteiger partial charge in [-0.3, -0.25) is 0 Å². The van der Waals surface area contributed by atoms with Crippen LogP contribution in [0, 0.1) is 12.3 Å². The topological polar surface area (TPSA) is 24.9 Å². The van der Waals surface area contributed by atoms with Crippen LogP contribution >= 0.6 is 23.1 Å². The van der Waals surface area contributed by atoms with E-state index in [4.69, 9.17) is 0 Å². The Morgan fingerprint density at radius 1 is 1.56 bits per heavy atom. The fourth-order valence-electron chi connectivity index (χ4n) is 1.97. The molecule has 1 aliphatic heterocycles. The molecule has 1 unspecified atom stereocenters. The minimum atomic E-state index is 0.428. The highest BCUT2D eigenvalue weighted by molar-refractivity contribution is 7.99. The van der Waals surface area contributed by atoms with Crippen molar-refractivity contribution in [1.29, 1.82) is 0 Å². The summed E-state index contributed by atoms with van der Waals surface area (Å²) >= 11 is 3.82. The summed E-state index contributed by atoms with van der Waals surface area (Å²) in [6.07, 6.45) is 1.31. The van der Waals surface area contributed by atoms with Gasteiger partial charge < -0.3 is 5.32 Å². The van der Waals surface area contributed by atoms with Gasteiger partial charge in [-0.25, -0.2) is 4.98 Å². The number of thioether (sulfide) groups is 1. The maximum absolute atomic E-state index is 4.49. The van der Waals surface area contributed by atoms with Gasteiger partial charge in [0.15, 0.2) is 0 Å². The molecule has 2 nitrogen and oxygen atoms in total. The number of thiazole rings is 1. The molecule has 1 aromatic heterocycles. The summed E-state index contributed by atoms with van der Waals surface area (Å²) in [6.45, 7) is 7.72. The van der Waals surface area contributed by atoms with E-state index in [0.29, 0.717) is 11.5 Å². The molecule has 1 atom stereocenters. The van der Waals surface area contributed by atoms with Crippen molar-refractivity contribution < 1.29 is 0 Å². The lowest BCUT2D eigenvalue weighted by molar-refractivity contribution is 0.245. The van der Waals surface area contributed by atoms with Crippen LogP contribution in [0.1, 0.15) is 31.0 Å². The third kappa shape index (κ3) is 2.99. The zero-order valence-corrected chi connectivity index (χ0v) is 11.9. The zero-order valence-electron chi connectivity index (χ0n) is 10.2. The van der Waals surface area contributed by atoms with Gasteiger partial charge in [0.1, 0.15) is 5.01 Å². The first-order chi connectivity index (χ1) is 7.58. The van der Waals surface area contributed by atoms with E-state index < -0.39 is 0 Å². The predicted octanol–water partition coefficient (Wildman–Crippen LogP) is 3.07. The van der Waals surface area contributed by atoms with Crippen molar-refractivity contribution in [3.05, 3.63) is 16.1 Å². The number of aryl methyl sites for hydroxylation is 1. The molecular weight excluding hydrogens is 236 g/mol. The second-order valence-corrected chi connectivity index (χ2v) is 7.22. The van der Waals surface area contributed by atoms with Gasteiger partial charge in [-0.05, 0) is 24.5 Å². The molecule has 0 spiro atoms. The van der Waals surface area contributed by atoms with Crippen molar-refractivity contribution >= 4 is 23.1 Å². The fraction of sp³-hybridized carbons (Fsp3) is 0.750. The van der Waals surface area contributed by atoms with E-state index in [1.54, 1.807) is 11.3 Å². The second kappa shape index (κ2) is 5.07. The van der Waals surface area contributed by atoms with Gasteiger partial charge in [0.2, 0.25) is 0 Å². The first kappa shape index (κ1) is 12.4. The minimum Gasteiger partial charge on any atom is -0.306 e. The molecular formula is C12H20N2S2. The SMILES string of the molecule is Cc1csc(CNC2CSCCC2(C)C)n1. The molecule has 1 N–H and O–H groups in total. The molecule has 0 aliphatic carbocycles. The van der Waals surface area contributed by atoms with E-state index in [0.717, 1.165) is 12.2 Å². The maximum Gasteiger partial charge on any atom is 0.107 e. The summed E-state index contributed by atoms with van der Waals surface area (Å²) in [6, 6.07) is 0.621. The van der Waals surface area contributed by atoms with Crippen LogP contribution in [0.2, 0.25) is 0 Å². The number of nitrogens with one attached hydrogen (secondary N) is 1. The molecule has 0 amide bonds. The lowest BCUT2D eigenvalue weighted by Crippen LogP contribution is -2.46. The number of aromatic nitrogens is 1. The van der Waals surface area contributed by atoms with Gasteiger partial charge in [0, 0.05) is 29.4 Å². The molecule has 2 heterocycles. The Morgan fingerprint density at radius 2 is 2.38 bits per heavy atom. The van der Waals surface area contributed by atoms with Gasteiger partial charge in [0.05, 0.1) is 0 Å². The average molecular weight is 256 g/mol. The fourth-order valence-corrected chi connectivity index (χ4v) is 4.33. The highest BCUT2D eigenvalue weighted by atomic mass is 32.2. The van der Waals surface area contributed by atoms with Gasteiger partial charge in [0.25, 0.3) is 0 Å². The van der Waals surface area contributed by atoms with Crippen molar-refractivity contribution in [2.75, 3.05) is 11.5 Å². The first-order valence-electron chi connectivity index (χ1n) is 5.80. The Kier molecular flexibility index (Phi) is 3.93.